The fourth-order valence-electron chi connectivity index (χ4n) is 2.23. The first-order valence-electron chi connectivity index (χ1n) is 6.00. The molecule has 4 nitrogen and oxygen atoms in total. The van der Waals surface area contributed by atoms with Crippen molar-refractivity contribution in [1.29, 1.82) is 5.26 Å². The molecule has 0 spiro atoms. The van der Waals surface area contributed by atoms with Crippen LogP contribution in [-0.4, -0.2) is 23.0 Å². The maximum atomic E-state index is 11.9. The third-order valence-electron chi connectivity index (χ3n) is 3.42. The van der Waals surface area contributed by atoms with Crippen LogP contribution in [0.3, 0.4) is 0 Å². The molecule has 1 heterocycles. The minimum absolute atomic E-state index is 0.0358. The number of urea groups is 1. The van der Waals surface area contributed by atoms with Crippen molar-refractivity contribution in [2.75, 3.05) is 6.54 Å². The molecule has 1 aromatic rings. The summed E-state index contributed by atoms with van der Waals surface area (Å²) >= 11 is 0. The van der Waals surface area contributed by atoms with Crippen LogP contribution in [0.4, 0.5) is 4.79 Å². The summed E-state index contributed by atoms with van der Waals surface area (Å²) in [7, 11) is 0. The van der Waals surface area contributed by atoms with E-state index < -0.39 is 5.54 Å². The number of nitriles is 1. The zero-order chi connectivity index (χ0) is 13.3. The van der Waals surface area contributed by atoms with Crippen molar-refractivity contribution in [2.45, 2.75) is 32.4 Å². The molecule has 4 heteroatoms. The maximum Gasteiger partial charge on any atom is 0.319 e. The number of hydrogen-bond acceptors (Lipinski definition) is 2. The fourth-order valence-corrected chi connectivity index (χ4v) is 2.23. The van der Waals surface area contributed by atoms with E-state index in [0.29, 0.717) is 6.54 Å². The predicted octanol–water partition coefficient (Wildman–Crippen LogP) is 2.36. The molecule has 2 amide bonds. The topological polar surface area (TPSA) is 56.1 Å². The monoisotopic (exact) mass is 243 g/mol. The van der Waals surface area contributed by atoms with Crippen LogP contribution in [0.15, 0.2) is 24.3 Å². The zero-order valence-corrected chi connectivity index (χ0v) is 10.9. The number of rotatable bonds is 2. The van der Waals surface area contributed by atoms with Gasteiger partial charge < -0.3 is 10.2 Å². The quantitative estimate of drug-likeness (QED) is 0.867. The van der Waals surface area contributed by atoms with Gasteiger partial charge in [0.2, 0.25) is 0 Å². The van der Waals surface area contributed by atoms with E-state index in [-0.39, 0.29) is 12.1 Å². The van der Waals surface area contributed by atoms with E-state index in [1.54, 1.807) is 18.7 Å². The number of aryl methyl sites for hydroxylation is 1. The molecule has 0 saturated carbocycles. The Labute approximate surface area is 107 Å². The van der Waals surface area contributed by atoms with Crippen molar-refractivity contribution in [3.63, 3.8) is 0 Å². The van der Waals surface area contributed by atoms with Crippen LogP contribution < -0.4 is 5.32 Å². The summed E-state index contributed by atoms with van der Waals surface area (Å²) in [5.41, 5.74) is 1.49. The highest BCUT2D eigenvalue weighted by Crippen LogP contribution is 2.27. The van der Waals surface area contributed by atoms with Gasteiger partial charge in [0.1, 0.15) is 5.54 Å². The molecular formula is C14H17N3O. The van der Waals surface area contributed by atoms with Gasteiger partial charge in [0.05, 0.1) is 12.1 Å². The minimum atomic E-state index is -0.776. The highest BCUT2D eigenvalue weighted by atomic mass is 16.2. The van der Waals surface area contributed by atoms with Crippen molar-refractivity contribution >= 4 is 6.03 Å². The molecule has 0 bridgehead atoms. The Bertz CT molecular complexity index is 516. The molecule has 1 saturated heterocycles. The van der Waals surface area contributed by atoms with Crippen LogP contribution in [0, 0.1) is 18.3 Å². The summed E-state index contributed by atoms with van der Waals surface area (Å²) in [4.78, 5) is 13.5. The van der Waals surface area contributed by atoms with Gasteiger partial charge in [-0.1, -0.05) is 24.3 Å². The highest BCUT2D eigenvalue weighted by molar-refractivity contribution is 5.78. The van der Waals surface area contributed by atoms with Crippen LogP contribution in [-0.2, 0) is 0 Å². The lowest BCUT2D eigenvalue weighted by molar-refractivity contribution is 0.186. The first-order chi connectivity index (χ1) is 8.45. The highest BCUT2D eigenvalue weighted by Gasteiger charge is 2.39. The molecule has 0 radical (unpaired) electrons. The Balaban J connectivity index is 2.25. The lowest BCUT2D eigenvalue weighted by Crippen LogP contribution is -2.44. The van der Waals surface area contributed by atoms with E-state index in [0.717, 1.165) is 11.1 Å². The second-order valence-electron chi connectivity index (χ2n) is 5.14. The number of amides is 2. The first kappa shape index (κ1) is 12.4. The Morgan fingerprint density at radius 3 is 2.72 bits per heavy atom. The summed E-state index contributed by atoms with van der Waals surface area (Å²) in [5.74, 6) is 0. The molecule has 0 aliphatic carbocycles. The molecule has 1 atom stereocenters. The predicted molar refractivity (Wildman–Crippen MR) is 68.8 cm³/mol. The Morgan fingerprint density at radius 1 is 1.44 bits per heavy atom. The number of nitrogens with one attached hydrogen (secondary N) is 1. The SMILES string of the molecule is Cc1ccccc1C1CN(C(C)(C)C#N)C(=O)N1. The summed E-state index contributed by atoms with van der Waals surface area (Å²) in [5, 5.41) is 12.0. The standard InChI is InChI=1S/C14H17N3O/c1-10-6-4-5-7-11(10)12-8-17(13(18)16-12)14(2,3)9-15/h4-7,12H,8H2,1-3H3,(H,16,18). The number of hydrogen-bond donors (Lipinski definition) is 1. The van der Waals surface area contributed by atoms with Gasteiger partial charge in [-0.2, -0.15) is 5.26 Å². The summed E-state index contributed by atoms with van der Waals surface area (Å²) < 4.78 is 0. The molecule has 1 aliphatic rings. The molecule has 1 N–H and O–H groups in total. The van der Waals surface area contributed by atoms with Gasteiger partial charge in [0.15, 0.2) is 0 Å². The molecule has 18 heavy (non-hydrogen) atoms. The second-order valence-corrected chi connectivity index (χ2v) is 5.14. The van der Waals surface area contributed by atoms with Crippen molar-refractivity contribution < 1.29 is 4.79 Å². The molecular weight excluding hydrogens is 226 g/mol. The normalized spacial score (nSPS) is 19.6. The summed E-state index contributed by atoms with van der Waals surface area (Å²) in [6.07, 6.45) is 0. The maximum absolute atomic E-state index is 11.9. The minimum Gasteiger partial charge on any atom is -0.329 e. The molecule has 94 valence electrons. The smallest absolute Gasteiger partial charge is 0.319 e. The van der Waals surface area contributed by atoms with E-state index in [1.807, 2.05) is 31.2 Å². The van der Waals surface area contributed by atoms with Gasteiger partial charge in [0.25, 0.3) is 0 Å². The van der Waals surface area contributed by atoms with E-state index in [9.17, 15) is 4.79 Å². The molecule has 1 unspecified atom stereocenters. The van der Waals surface area contributed by atoms with Crippen molar-refractivity contribution in [1.82, 2.24) is 10.2 Å². The Hall–Kier alpha value is -2.02. The Morgan fingerprint density at radius 2 is 2.11 bits per heavy atom. The number of carbonyl (C=O) groups is 1. The average molecular weight is 243 g/mol. The molecule has 1 aliphatic heterocycles. The van der Waals surface area contributed by atoms with E-state index in [1.165, 1.54) is 0 Å². The third kappa shape index (κ3) is 2.04. The largest absolute Gasteiger partial charge is 0.329 e. The Kier molecular flexibility index (Phi) is 3.00. The summed E-state index contributed by atoms with van der Waals surface area (Å²) in [6, 6.07) is 9.95. The van der Waals surface area contributed by atoms with E-state index in [4.69, 9.17) is 5.26 Å². The van der Waals surface area contributed by atoms with Gasteiger partial charge >= 0.3 is 6.03 Å². The first-order valence-corrected chi connectivity index (χ1v) is 6.00. The number of nitrogens with zero attached hydrogens (tertiary/aromatic N) is 2. The van der Waals surface area contributed by atoms with Crippen LogP contribution in [0.1, 0.15) is 31.0 Å². The van der Waals surface area contributed by atoms with Gasteiger partial charge in [-0.15, -0.1) is 0 Å². The number of carbonyl (C=O) groups excluding carboxylic acids is 1. The fraction of sp³-hybridized carbons (Fsp3) is 0.429. The third-order valence-corrected chi connectivity index (χ3v) is 3.42. The average Bonchev–Trinajstić information content (AvgIpc) is 2.72. The van der Waals surface area contributed by atoms with Gasteiger partial charge in [0, 0.05) is 6.54 Å². The van der Waals surface area contributed by atoms with E-state index in [2.05, 4.69) is 11.4 Å². The number of benzene rings is 1. The van der Waals surface area contributed by atoms with Crippen LogP contribution in [0.25, 0.3) is 0 Å². The van der Waals surface area contributed by atoms with Crippen LogP contribution in [0.5, 0.6) is 0 Å². The van der Waals surface area contributed by atoms with Crippen LogP contribution >= 0.6 is 0 Å². The van der Waals surface area contributed by atoms with Gasteiger partial charge in [-0.05, 0) is 31.9 Å². The zero-order valence-electron chi connectivity index (χ0n) is 10.9. The molecule has 0 aromatic heterocycles. The molecule has 2 rings (SSSR count). The molecule has 1 aromatic carbocycles. The lowest BCUT2D eigenvalue weighted by Gasteiger charge is -2.27. The van der Waals surface area contributed by atoms with Crippen molar-refractivity contribution in [3.05, 3.63) is 35.4 Å². The molecule has 1 fully saturated rings. The second kappa shape index (κ2) is 4.34. The lowest BCUT2D eigenvalue weighted by atomic mass is 10.0. The summed E-state index contributed by atoms with van der Waals surface area (Å²) in [6.45, 7) is 6.07. The van der Waals surface area contributed by atoms with E-state index >= 15 is 0 Å². The van der Waals surface area contributed by atoms with Gasteiger partial charge in [-0.3, -0.25) is 0 Å². The van der Waals surface area contributed by atoms with Crippen molar-refractivity contribution in [3.8, 4) is 6.07 Å². The van der Waals surface area contributed by atoms with Crippen molar-refractivity contribution in [2.24, 2.45) is 0 Å². The van der Waals surface area contributed by atoms with Gasteiger partial charge in [-0.25, -0.2) is 4.79 Å². The van der Waals surface area contributed by atoms with Crippen LogP contribution in [0.2, 0.25) is 0 Å².